The third-order valence-electron chi connectivity index (χ3n) is 2.47. The largest absolute Gasteiger partial charge is 0.488 e. The third kappa shape index (κ3) is 4.04. The van der Waals surface area contributed by atoms with Crippen LogP contribution in [0.25, 0.3) is 0 Å². The molecule has 2 aliphatic heterocycles. The summed E-state index contributed by atoms with van der Waals surface area (Å²) in [6.07, 6.45) is 0. The Labute approximate surface area is 96.6 Å². The van der Waals surface area contributed by atoms with Crippen molar-refractivity contribution in [3.63, 3.8) is 0 Å². The molecular weight excluding hydrogens is 210 g/mol. The molecule has 0 aromatic rings. The van der Waals surface area contributed by atoms with Gasteiger partial charge in [0, 0.05) is 52.6 Å². The fourth-order valence-corrected chi connectivity index (χ4v) is 1.65. The molecule has 0 saturated carbocycles. The van der Waals surface area contributed by atoms with Gasteiger partial charge < -0.3 is 29.3 Å². The highest BCUT2D eigenvalue weighted by molar-refractivity contribution is 7.10. The summed E-state index contributed by atoms with van der Waals surface area (Å²) in [5, 5.41) is 6.38. The average Bonchev–Trinajstić information content (AvgIpc) is 2.18. The summed E-state index contributed by atoms with van der Waals surface area (Å²) in [6.45, 7) is 5.83. The van der Waals surface area contributed by atoms with Crippen LogP contribution in [0.2, 0.25) is 0 Å². The second-order valence-electron chi connectivity index (χ2n) is 3.72. The lowest BCUT2D eigenvalue weighted by atomic mass is 9.48. The summed E-state index contributed by atoms with van der Waals surface area (Å²) in [5.74, 6) is 0. The molecule has 0 aliphatic carbocycles. The van der Waals surface area contributed by atoms with Crippen molar-refractivity contribution < 1.29 is 18.6 Å². The molecule has 2 heterocycles. The molecule has 0 bridgehead atoms. The van der Waals surface area contributed by atoms with Crippen molar-refractivity contribution in [3.05, 3.63) is 0 Å². The predicted molar refractivity (Wildman–Crippen MR) is 61.1 cm³/mol. The fraction of sp³-hybridized carbons (Fsp3) is 1.00. The Hall–Kier alpha value is -0.110. The minimum atomic E-state index is -0.403. The van der Waals surface area contributed by atoms with Gasteiger partial charge in [-0.1, -0.05) is 0 Å². The highest BCUT2D eigenvalue weighted by Gasteiger charge is 2.39. The second-order valence-corrected chi connectivity index (χ2v) is 3.72. The first-order valence-corrected chi connectivity index (χ1v) is 5.85. The zero-order valence-corrected chi connectivity index (χ0v) is 9.44. The van der Waals surface area contributed by atoms with Crippen LogP contribution in [0.1, 0.15) is 0 Å². The molecule has 2 aliphatic rings. The Bertz CT molecular complexity index is 165. The van der Waals surface area contributed by atoms with E-state index in [0.29, 0.717) is 26.4 Å². The van der Waals surface area contributed by atoms with Gasteiger partial charge in [-0.25, -0.2) is 0 Å². The number of nitrogens with one attached hydrogen (secondary N) is 2. The van der Waals surface area contributed by atoms with Crippen LogP contribution >= 0.6 is 0 Å². The molecule has 6 nitrogen and oxygen atoms in total. The van der Waals surface area contributed by atoms with Gasteiger partial charge in [0.15, 0.2) is 0 Å². The molecule has 2 saturated heterocycles. The second kappa shape index (κ2) is 7.26. The SMILES string of the molecule is C1COB(B2OCCNCCO2)OCCN1. The maximum Gasteiger partial charge on any atom is 0.488 e. The fourth-order valence-electron chi connectivity index (χ4n) is 1.65. The molecular formula is C8H18B2N2O4. The summed E-state index contributed by atoms with van der Waals surface area (Å²) >= 11 is 0. The zero-order chi connectivity index (χ0) is 11.1. The van der Waals surface area contributed by atoms with Crippen LogP contribution < -0.4 is 10.6 Å². The Morgan fingerprint density at radius 2 is 0.875 bits per heavy atom. The Balaban J connectivity index is 1.81. The monoisotopic (exact) mass is 228 g/mol. The van der Waals surface area contributed by atoms with Crippen LogP contribution in [0.4, 0.5) is 0 Å². The Morgan fingerprint density at radius 3 is 1.19 bits per heavy atom. The Morgan fingerprint density at radius 1 is 0.562 bits per heavy atom. The van der Waals surface area contributed by atoms with Gasteiger partial charge in [-0.2, -0.15) is 0 Å². The van der Waals surface area contributed by atoms with Crippen molar-refractivity contribution in [2.75, 3.05) is 52.6 Å². The van der Waals surface area contributed by atoms with Crippen molar-refractivity contribution in [1.82, 2.24) is 10.6 Å². The molecule has 90 valence electrons. The van der Waals surface area contributed by atoms with E-state index in [4.69, 9.17) is 18.6 Å². The summed E-state index contributed by atoms with van der Waals surface area (Å²) < 4.78 is 22.3. The van der Waals surface area contributed by atoms with E-state index in [0.717, 1.165) is 26.2 Å². The van der Waals surface area contributed by atoms with Crippen molar-refractivity contribution in [2.45, 2.75) is 0 Å². The van der Waals surface area contributed by atoms with E-state index in [-0.39, 0.29) is 0 Å². The van der Waals surface area contributed by atoms with Crippen molar-refractivity contribution in [1.29, 1.82) is 0 Å². The van der Waals surface area contributed by atoms with Crippen LogP contribution in [-0.2, 0) is 18.6 Å². The minimum Gasteiger partial charge on any atom is -0.412 e. The van der Waals surface area contributed by atoms with E-state index in [1.165, 1.54) is 0 Å². The normalized spacial score (nSPS) is 25.5. The molecule has 0 spiro atoms. The predicted octanol–water partition coefficient (Wildman–Crippen LogP) is -1.69. The molecule has 2 fully saturated rings. The minimum absolute atomic E-state index is 0.403. The van der Waals surface area contributed by atoms with Gasteiger partial charge >= 0.3 is 14.0 Å². The molecule has 0 amide bonds. The molecule has 0 aromatic heterocycles. The van der Waals surface area contributed by atoms with Crippen LogP contribution in [0.3, 0.4) is 0 Å². The number of rotatable bonds is 1. The molecule has 2 N–H and O–H groups in total. The maximum atomic E-state index is 5.56. The first kappa shape index (κ1) is 12.3. The van der Waals surface area contributed by atoms with Gasteiger partial charge in [0.1, 0.15) is 0 Å². The summed E-state index contributed by atoms with van der Waals surface area (Å²) in [6, 6.07) is 0. The van der Waals surface area contributed by atoms with Gasteiger partial charge in [-0.05, 0) is 0 Å². The van der Waals surface area contributed by atoms with Gasteiger partial charge in [0.25, 0.3) is 0 Å². The highest BCUT2D eigenvalue weighted by atomic mass is 16.6. The van der Waals surface area contributed by atoms with Gasteiger partial charge in [0.05, 0.1) is 0 Å². The topological polar surface area (TPSA) is 61.0 Å². The van der Waals surface area contributed by atoms with E-state index in [1.54, 1.807) is 0 Å². The summed E-state index contributed by atoms with van der Waals surface area (Å²) in [4.78, 5) is 0. The molecule has 2 rings (SSSR count). The van der Waals surface area contributed by atoms with Gasteiger partial charge in [-0.3, -0.25) is 0 Å². The Kier molecular flexibility index (Phi) is 5.60. The van der Waals surface area contributed by atoms with E-state index in [1.807, 2.05) is 0 Å². The van der Waals surface area contributed by atoms with Crippen LogP contribution in [0.5, 0.6) is 0 Å². The molecule has 16 heavy (non-hydrogen) atoms. The molecule has 8 heteroatoms. The van der Waals surface area contributed by atoms with E-state index >= 15 is 0 Å². The number of hydrogen-bond acceptors (Lipinski definition) is 6. The number of hydrogen-bond donors (Lipinski definition) is 2. The smallest absolute Gasteiger partial charge is 0.412 e. The first-order chi connectivity index (χ1) is 7.97. The van der Waals surface area contributed by atoms with Crippen molar-refractivity contribution in [3.8, 4) is 0 Å². The molecule has 0 aromatic carbocycles. The van der Waals surface area contributed by atoms with E-state index in [9.17, 15) is 0 Å². The van der Waals surface area contributed by atoms with Crippen molar-refractivity contribution in [2.24, 2.45) is 0 Å². The third-order valence-corrected chi connectivity index (χ3v) is 2.47. The summed E-state index contributed by atoms with van der Waals surface area (Å²) in [5.41, 5.74) is 0. The summed E-state index contributed by atoms with van der Waals surface area (Å²) in [7, 11) is -0.805. The van der Waals surface area contributed by atoms with Crippen molar-refractivity contribution >= 4 is 14.0 Å². The van der Waals surface area contributed by atoms with E-state index in [2.05, 4.69) is 10.6 Å². The van der Waals surface area contributed by atoms with E-state index < -0.39 is 14.0 Å². The highest BCUT2D eigenvalue weighted by Crippen LogP contribution is 2.02. The quantitative estimate of drug-likeness (QED) is 0.522. The van der Waals surface area contributed by atoms with Crippen LogP contribution in [0.15, 0.2) is 0 Å². The lowest BCUT2D eigenvalue weighted by molar-refractivity contribution is 0.148. The zero-order valence-electron chi connectivity index (χ0n) is 9.44. The van der Waals surface area contributed by atoms with Crippen LogP contribution in [0, 0.1) is 0 Å². The molecule has 0 atom stereocenters. The molecule has 0 unspecified atom stereocenters. The standard InChI is InChI=1S/C8H18B2N2O4/c1-5-13-9(14-6-2-11-1)10-15-7-3-12-4-8-16-10/h11-12H,1-8H2. The molecule has 0 radical (unpaired) electrons. The van der Waals surface area contributed by atoms with Crippen LogP contribution in [-0.4, -0.2) is 66.6 Å². The first-order valence-electron chi connectivity index (χ1n) is 5.85. The maximum absolute atomic E-state index is 5.56. The lowest BCUT2D eigenvalue weighted by Crippen LogP contribution is -2.51. The van der Waals surface area contributed by atoms with Gasteiger partial charge in [-0.15, -0.1) is 0 Å². The lowest BCUT2D eigenvalue weighted by Gasteiger charge is -2.24. The van der Waals surface area contributed by atoms with Gasteiger partial charge in [0.2, 0.25) is 0 Å². The average molecular weight is 228 g/mol.